The summed E-state index contributed by atoms with van der Waals surface area (Å²) in [7, 11) is 0. The fourth-order valence-corrected chi connectivity index (χ4v) is 1.96. The van der Waals surface area contributed by atoms with E-state index in [1.807, 2.05) is 6.92 Å². The highest BCUT2D eigenvalue weighted by atomic mass is 16.6. The Morgan fingerprint density at radius 1 is 1.58 bits per heavy atom. The highest BCUT2D eigenvalue weighted by Crippen LogP contribution is 2.27. The lowest BCUT2D eigenvalue weighted by molar-refractivity contribution is -0.187. The fraction of sp³-hybridized carbons (Fsp3) is 0.769. The van der Waals surface area contributed by atoms with Crippen LogP contribution in [0, 0.1) is 5.92 Å². The second kappa shape index (κ2) is 7.76. The Balaban J connectivity index is 2.40. The first-order valence-electron chi connectivity index (χ1n) is 6.65. The van der Waals surface area contributed by atoms with Crippen molar-refractivity contribution < 1.29 is 23.9 Å². The maximum Gasteiger partial charge on any atom is 0.325 e. The molecule has 3 atom stereocenters. The Morgan fingerprint density at radius 2 is 2.32 bits per heavy atom. The molecule has 1 amide bonds. The van der Waals surface area contributed by atoms with E-state index in [4.69, 9.17) is 9.47 Å². The van der Waals surface area contributed by atoms with E-state index in [9.17, 15) is 14.4 Å². The van der Waals surface area contributed by atoms with Crippen molar-refractivity contribution in [2.45, 2.75) is 51.7 Å². The molecule has 1 fully saturated rings. The molecule has 0 radical (unpaired) electrons. The summed E-state index contributed by atoms with van der Waals surface area (Å²) < 4.78 is 10.3. The zero-order chi connectivity index (χ0) is 14.3. The van der Waals surface area contributed by atoms with Crippen molar-refractivity contribution in [2.24, 2.45) is 5.92 Å². The first-order chi connectivity index (χ1) is 9.08. The average Bonchev–Trinajstić information content (AvgIpc) is 2.41. The molecule has 1 aliphatic heterocycles. The minimum absolute atomic E-state index is 0.129. The Kier molecular flexibility index (Phi) is 6.32. The second-order valence-electron chi connectivity index (χ2n) is 4.75. The van der Waals surface area contributed by atoms with E-state index in [0.717, 1.165) is 19.3 Å². The molecule has 1 rings (SSSR count). The van der Waals surface area contributed by atoms with E-state index in [1.165, 1.54) is 0 Å². The number of carbonyl (C=O) groups is 3. The summed E-state index contributed by atoms with van der Waals surface area (Å²) in [5.41, 5.74) is 0. The highest BCUT2D eigenvalue weighted by molar-refractivity contribution is 5.78. The minimum Gasteiger partial charge on any atom is -0.461 e. The standard InChI is InChI=1S/C13H21NO5/c1-3-4-5-10(18-12(16)7-14-8-15)6-11-9(2)13(17)19-11/h8-11H,3-7H2,1-2H3,(H,14,15)/t9?,10-,11+/m1/s1. The third kappa shape index (κ3) is 4.89. The van der Waals surface area contributed by atoms with Crippen molar-refractivity contribution in [3.05, 3.63) is 0 Å². The monoisotopic (exact) mass is 271 g/mol. The lowest BCUT2D eigenvalue weighted by Crippen LogP contribution is -2.45. The topological polar surface area (TPSA) is 81.7 Å². The molecule has 0 aromatic carbocycles. The zero-order valence-electron chi connectivity index (χ0n) is 11.4. The van der Waals surface area contributed by atoms with Crippen LogP contribution in [0.4, 0.5) is 0 Å². The third-order valence-corrected chi connectivity index (χ3v) is 3.20. The van der Waals surface area contributed by atoms with Crippen molar-refractivity contribution in [1.29, 1.82) is 0 Å². The van der Waals surface area contributed by atoms with Gasteiger partial charge in [-0.25, -0.2) is 0 Å². The van der Waals surface area contributed by atoms with Crippen LogP contribution in [-0.2, 0) is 23.9 Å². The molecule has 108 valence electrons. The molecule has 0 aromatic heterocycles. The Labute approximate surface area is 112 Å². The van der Waals surface area contributed by atoms with Gasteiger partial charge in [0.15, 0.2) is 0 Å². The van der Waals surface area contributed by atoms with E-state index in [1.54, 1.807) is 0 Å². The third-order valence-electron chi connectivity index (χ3n) is 3.20. The van der Waals surface area contributed by atoms with E-state index in [-0.39, 0.29) is 30.6 Å². The first-order valence-corrected chi connectivity index (χ1v) is 6.65. The molecule has 1 saturated heterocycles. The zero-order valence-corrected chi connectivity index (χ0v) is 11.4. The molecule has 1 unspecified atom stereocenters. The summed E-state index contributed by atoms with van der Waals surface area (Å²) in [6.45, 7) is 3.73. The second-order valence-corrected chi connectivity index (χ2v) is 4.75. The number of cyclic esters (lactones) is 1. The van der Waals surface area contributed by atoms with Gasteiger partial charge in [-0.2, -0.15) is 0 Å². The van der Waals surface area contributed by atoms with Crippen molar-refractivity contribution in [1.82, 2.24) is 5.32 Å². The summed E-state index contributed by atoms with van der Waals surface area (Å²) in [5.74, 6) is -0.796. The maximum atomic E-state index is 11.5. The predicted octanol–water partition coefficient (Wildman–Crippen LogP) is 0.786. The quantitative estimate of drug-likeness (QED) is 0.495. The molecule has 1 heterocycles. The first kappa shape index (κ1) is 15.5. The molecule has 0 bridgehead atoms. The van der Waals surface area contributed by atoms with Gasteiger partial charge in [0.2, 0.25) is 6.41 Å². The van der Waals surface area contributed by atoms with Crippen LogP contribution in [-0.4, -0.2) is 37.1 Å². The molecule has 0 aromatic rings. The van der Waals surface area contributed by atoms with Crippen LogP contribution in [0.3, 0.4) is 0 Å². The Hall–Kier alpha value is -1.59. The molecule has 1 aliphatic rings. The normalized spacial score (nSPS) is 22.9. The molecule has 6 heteroatoms. The summed E-state index contributed by atoms with van der Waals surface area (Å²) >= 11 is 0. The molecule has 6 nitrogen and oxygen atoms in total. The Morgan fingerprint density at radius 3 is 2.84 bits per heavy atom. The number of ether oxygens (including phenoxy) is 2. The van der Waals surface area contributed by atoms with E-state index in [0.29, 0.717) is 12.8 Å². The lowest BCUT2D eigenvalue weighted by Gasteiger charge is -2.34. The molecule has 0 spiro atoms. The molecule has 0 saturated carbocycles. The van der Waals surface area contributed by atoms with Crippen LogP contribution in [0.25, 0.3) is 0 Å². The van der Waals surface area contributed by atoms with Gasteiger partial charge >= 0.3 is 11.9 Å². The van der Waals surface area contributed by atoms with Crippen molar-refractivity contribution in [3.63, 3.8) is 0 Å². The largest absolute Gasteiger partial charge is 0.461 e. The summed E-state index contributed by atoms with van der Waals surface area (Å²) in [6, 6.07) is 0. The smallest absolute Gasteiger partial charge is 0.325 e. The summed E-state index contributed by atoms with van der Waals surface area (Å²) in [4.78, 5) is 32.6. The number of hydrogen-bond donors (Lipinski definition) is 1. The van der Waals surface area contributed by atoms with Crippen LogP contribution in [0.5, 0.6) is 0 Å². The molecule has 0 aliphatic carbocycles. The Bertz CT molecular complexity index is 331. The van der Waals surface area contributed by atoms with Gasteiger partial charge in [0.05, 0.1) is 5.92 Å². The molecular formula is C13H21NO5. The van der Waals surface area contributed by atoms with Gasteiger partial charge < -0.3 is 14.8 Å². The predicted molar refractivity (Wildman–Crippen MR) is 67.1 cm³/mol. The average molecular weight is 271 g/mol. The van der Waals surface area contributed by atoms with Crippen molar-refractivity contribution in [3.8, 4) is 0 Å². The van der Waals surface area contributed by atoms with Gasteiger partial charge in [-0.3, -0.25) is 14.4 Å². The van der Waals surface area contributed by atoms with Crippen LogP contribution < -0.4 is 5.32 Å². The number of rotatable bonds is 9. The summed E-state index contributed by atoms with van der Waals surface area (Å²) in [6.07, 6.45) is 3.24. The van der Waals surface area contributed by atoms with E-state index >= 15 is 0 Å². The maximum absolute atomic E-state index is 11.5. The van der Waals surface area contributed by atoms with Gasteiger partial charge in [-0.15, -0.1) is 0 Å². The van der Waals surface area contributed by atoms with Gasteiger partial charge in [0.1, 0.15) is 18.8 Å². The molecular weight excluding hydrogens is 250 g/mol. The van der Waals surface area contributed by atoms with E-state index < -0.39 is 5.97 Å². The van der Waals surface area contributed by atoms with Crippen molar-refractivity contribution >= 4 is 18.3 Å². The minimum atomic E-state index is -0.466. The SMILES string of the molecule is CCCC[C@H](C[C@@H]1OC(=O)C1C)OC(=O)CNC=O. The van der Waals surface area contributed by atoms with Gasteiger partial charge in [0, 0.05) is 6.42 Å². The number of nitrogens with one attached hydrogen (secondary N) is 1. The number of amides is 1. The summed E-state index contributed by atoms with van der Waals surface area (Å²) in [5, 5.41) is 2.27. The molecule has 19 heavy (non-hydrogen) atoms. The number of carbonyl (C=O) groups excluding carboxylic acids is 3. The van der Waals surface area contributed by atoms with Gasteiger partial charge in [0.25, 0.3) is 0 Å². The van der Waals surface area contributed by atoms with Gasteiger partial charge in [-0.05, 0) is 13.3 Å². The highest BCUT2D eigenvalue weighted by Gasteiger charge is 2.40. The number of esters is 2. The number of unbranched alkanes of at least 4 members (excludes halogenated alkanes) is 1. The fourth-order valence-electron chi connectivity index (χ4n) is 1.96. The molecule has 1 N–H and O–H groups in total. The van der Waals surface area contributed by atoms with Crippen molar-refractivity contribution in [2.75, 3.05) is 6.54 Å². The van der Waals surface area contributed by atoms with Crippen LogP contribution in [0.15, 0.2) is 0 Å². The lowest BCUT2D eigenvalue weighted by atomic mass is 9.92. The van der Waals surface area contributed by atoms with Crippen LogP contribution in [0.2, 0.25) is 0 Å². The van der Waals surface area contributed by atoms with Gasteiger partial charge in [-0.1, -0.05) is 19.8 Å². The van der Waals surface area contributed by atoms with E-state index in [2.05, 4.69) is 12.2 Å². The van der Waals surface area contributed by atoms with Crippen LogP contribution >= 0.6 is 0 Å². The number of hydrogen-bond acceptors (Lipinski definition) is 5. The van der Waals surface area contributed by atoms with Crippen LogP contribution in [0.1, 0.15) is 39.5 Å².